The summed E-state index contributed by atoms with van der Waals surface area (Å²) in [6.45, 7) is 1.64. The minimum absolute atomic E-state index is 0.00479. The van der Waals surface area contributed by atoms with Gasteiger partial charge in [-0.15, -0.1) is 0 Å². The van der Waals surface area contributed by atoms with Crippen LogP contribution in [0.25, 0.3) is 0 Å². The van der Waals surface area contributed by atoms with Gasteiger partial charge in [0.25, 0.3) is 5.91 Å². The molecule has 1 aromatic carbocycles. The van der Waals surface area contributed by atoms with Gasteiger partial charge in [0, 0.05) is 24.1 Å². The molecule has 0 aliphatic carbocycles. The zero-order valence-electron chi connectivity index (χ0n) is 17.1. The number of amides is 1. The number of benzene rings is 1. The molecule has 11 heteroatoms. The van der Waals surface area contributed by atoms with E-state index in [2.05, 4.69) is 15.6 Å². The lowest BCUT2D eigenvalue weighted by Crippen LogP contribution is -2.66. The Bertz CT molecular complexity index is 1250. The predicted octanol–water partition coefficient (Wildman–Crippen LogP) is 1.71. The number of anilines is 1. The summed E-state index contributed by atoms with van der Waals surface area (Å²) in [7, 11) is -3.83. The highest BCUT2D eigenvalue weighted by Crippen LogP contribution is 2.40. The average Bonchev–Trinajstić information content (AvgIpc) is 3.26. The molecule has 32 heavy (non-hydrogen) atoms. The molecule has 0 bridgehead atoms. The smallest absolute Gasteiger partial charge is 0.274 e. The molecule has 4 rings (SSSR count). The van der Waals surface area contributed by atoms with Crippen molar-refractivity contribution in [2.45, 2.75) is 23.6 Å². The van der Waals surface area contributed by atoms with Gasteiger partial charge in [0.05, 0.1) is 23.5 Å². The number of ether oxygens (including phenoxy) is 1. The van der Waals surface area contributed by atoms with Crippen molar-refractivity contribution in [2.24, 2.45) is 0 Å². The summed E-state index contributed by atoms with van der Waals surface area (Å²) in [6, 6.07) is 8.56. The first-order valence-electron chi connectivity index (χ1n) is 9.75. The van der Waals surface area contributed by atoms with Gasteiger partial charge in [-0.25, -0.2) is 17.8 Å². The van der Waals surface area contributed by atoms with Gasteiger partial charge in [0.2, 0.25) is 0 Å². The van der Waals surface area contributed by atoms with Crippen LogP contribution < -0.4 is 10.6 Å². The van der Waals surface area contributed by atoms with E-state index in [0.29, 0.717) is 5.56 Å². The zero-order valence-corrected chi connectivity index (χ0v) is 17.9. The first-order valence-corrected chi connectivity index (χ1v) is 11.4. The van der Waals surface area contributed by atoms with E-state index in [1.54, 1.807) is 0 Å². The maximum absolute atomic E-state index is 14.8. The summed E-state index contributed by atoms with van der Waals surface area (Å²) in [5, 5.41) is 22.7. The Hall–Kier alpha value is -3.36. The van der Waals surface area contributed by atoms with Crippen molar-refractivity contribution in [2.75, 3.05) is 24.3 Å². The maximum atomic E-state index is 14.8. The van der Waals surface area contributed by atoms with Gasteiger partial charge < -0.3 is 15.4 Å². The normalized spacial score (nSPS) is 26.3. The lowest BCUT2D eigenvalue weighted by Gasteiger charge is -2.44. The second-order valence-corrected chi connectivity index (χ2v) is 10.4. The van der Waals surface area contributed by atoms with Crippen molar-refractivity contribution in [3.8, 4) is 6.07 Å². The molecule has 2 aromatic rings. The van der Waals surface area contributed by atoms with Gasteiger partial charge >= 0.3 is 0 Å². The summed E-state index contributed by atoms with van der Waals surface area (Å²) >= 11 is 0. The fourth-order valence-corrected chi connectivity index (χ4v) is 6.33. The summed E-state index contributed by atoms with van der Waals surface area (Å²) in [6.07, 6.45) is 1.43. The number of carbonyl (C=O) groups is 1. The SMILES string of the molecule is C[C@@]1(c2cc(NC(=O)c3ccc(C#N)cn3)ccc2F)CS(=O)(=O)[C@]2(CCOC2)C(=N)N1. The third-order valence-corrected chi connectivity index (χ3v) is 8.53. The Morgan fingerprint density at radius 2 is 2.16 bits per heavy atom. The molecule has 1 spiro atoms. The van der Waals surface area contributed by atoms with E-state index in [9.17, 15) is 17.6 Å². The highest BCUT2D eigenvalue weighted by molar-refractivity contribution is 7.93. The quantitative estimate of drug-likeness (QED) is 0.636. The third kappa shape index (κ3) is 3.51. The van der Waals surface area contributed by atoms with Crippen LogP contribution in [0.2, 0.25) is 0 Å². The molecule has 9 nitrogen and oxygen atoms in total. The molecule has 2 fully saturated rings. The predicted molar refractivity (Wildman–Crippen MR) is 113 cm³/mol. The Morgan fingerprint density at radius 3 is 2.75 bits per heavy atom. The number of halogens is 1. The summed E-state index contributed by atoms with van der Waals surface area (Å²) in [4.78, 5) is 16.4. The van der Waals surface area contributed by atoms with Crippen LogP contribution in [0.3, 0.4) is 0 Å². The first-order chi connectivity index (χ1) is 15.1. The second kappa shape index (κ2) is 7.65. The van der Waals surface area contributed by atoms with Crippen LogP contribution >= 0.6 is 0 Å². The van der Waals surface area contributed by atoms with Crippen LogP contribution in [0.1, 0.15) is 35.0 Å². The van der Waals surface area contributed by atoms with Crippen molar-refractivity contribution < 1.29 is 22.3 Å². The molecule has 3 heterocycles. The molecule has 0 unspecified atom stereocenters. The molecule has 0 radical (unpaired) electrons. The van der Waals surface area contributed by atoms with E-state index in [-0.39, 0.29) is 42.4 Å². The molecule has 2 aliphatic rings. The molecule has 2 atom stereocenters. The van der Waals surface area contributed by atoms with Crippen LogP contribution in [0.5, 0.6) is 0 Å². The third-order valence-electron chi connectivity index (χ3n) is 5.86. The van der Waals surface area contributed by atoms with Crippen LogP contribution in [0, 0.1) is 22.6 Å². The van der Waals surface area contributed by atoms with E-state index in [4.69, 9.17) is 15.4 Å². The van der Waals surface area contributed by atoms with Crippen LogP contribution in [-0.4, -0.2) is 48.9 Å². The Kier molecular flexibility index (Phi) is 5.22. The monoisotopic (exact) mass is 457 g/mol. The van der Waals surface area contributed by atoms with E-state index in [1.807, 2.05) is 6.07 Å². The number of nitriles is 1. The van der Waals surface area contributed by atoms with Gasteiger partial charge in [-0.2, -0.15) is 5.26 Å². The number of aromatic nitrogens is 1. The van der Waals surface area contributed by atoms with Gasteiger partial charge in [0.1, 0.15) is 23.4 Å². The fourth-order valence-electron chi connectivity index (χ4n) is 4.05. The van der Waals surface area contributed by atoms with Gasteiger partial charge in [-0.05, 0) is 43.7 Å². The highest BCUT2D eigenvalue weighted by Gasteiger charge is 2.58. The molecule has 166 valence electrons. The molecule has 0 saturated carbocycles. The fraction of sp³-hybridized carbons (Fsp3) is 0.333. The molecule has 1 amide bonds. The number of hydrogen-bond acceptors (Lipinski definition) is 7. The van der Waals surface area contributed by atoms with Gasteiger partial charge in [-0.1, -0.05) is 0 Å². The lowest BCUT2D eigenvalue weighted by atomic mass is 9.90. The minimum Gasteiger partial charge on any atom is -0.379 e. The number of hydrogen-bond donors (Lipinski definition) is 3. The Morgan fingerprint density at radius 1 is 1.38 bits per heavy atom. The average molecular weight is 457 g/mol. The highest BCUT2D eigenvalue weighted by atomic mass is 32.2. The van der Waals surface area contributed by atoms with Crippen LogP contribution in [-0.2, 0) is 20.1 Å². The summed E-state index contributed by atoms with van der Waals surface area (Å²) < 4.78 is 44.9. The maximum Gasteiger partial charge on any atom is 0.274 e. The standard InChI is InChI=1S/C21H20FN5O4S/c1-20(12-32(29,30)21(19(24)27-20)6-7-31-11-21)15-8-14(3-4-16(15)22)26-18(28)17-5-2-13(9-23)10-25-17/h2-5,8,10H,6-7,11-12H2,1H3,(H2,24,27)(H,26,28)/t20-,21-/m0/s1. The molecule has 3 N–H and O–H groups in total. The Balaban J connectivity index is 1.63. The molecular weight excluding hydrogens is 437 g/mol. The van der Waals surface area contributed by atoms with Gasteiger partial charge in [0.15, 0.2) is 14.6 Å². The van der Waals surface area contributed by atoms with E-state index in [1.165, 1.54) is 37.4 Å². The number of amidine groups is 1. The second-order valence-electron chi connectivity index (χ2n) is 8.08. The van der Waals surface area contributed by atoms with Crippen molar-refractivity contribution in [3.63, 3.8) is 0 Å². The Labute approximate surface area is 184 Å². The van der Waals surface area contributed by atoms with E-state index >= 15 is 0 Å². The molecule has 2 aliphatic heterocycles. The van der Waals surface area contributed by atoms with Crippen LogP contribution in [0.15, 0.2) is 36.5 Å². The number of rotatable bonds is 3. The van der Waals surface area contributed by atoms with Crippen molar-refractivity contribution >= 4 is 27.3 Å². The summed E-state index contributed by atoms with van der Waals surface area (Å²) in [5.74, 6) is -1.90. The van der Waals surface area contributed by atoms with Crippen molar-refractivity contribution in [1.29, 1.82) is 10.7 Å². The largest absolute Gasteiger partial charge is 0.379 e. The molecule has 2 saturated heterocycles. The van der Waals surface area contributed by atoms with Crippen LogP contribution in [0.4, 0.5) is 10.1 Å². The number of pyridine rings is 1. The lowest BCUT2D eigenvalue weighted by molar-refractivity contribution is 0.102. The minimum atomic E-state index is -3.83. The molecule has 1 aromatic heterocycles. The van der Waals surface area contributed by atoms with Gasteiger partial charge in [-0.3, -0.25) is 10.2 Å². The number of sulfone groups is 1. The molecular formula is C21H20FN5O4S. The summed E-state index contributed by atoms with van der Waals surface area (Å²) in [5.41, 5.74) is -0.819. The topological polar surface area (TPSA) is 145 Å². The van der Waals surface area contributed by atoms with E-state index in [0.717, 1.165) is 6.07 Å². The number of nitrogens with zero attached hydrogens (tertiary/aromatic N) is 2. The number of nitrogens with one attached hydrogen (secondary N) is 3. The number of carbonyl (C=O) groups excluding carboxylic acids is 1. The van der Waals surface area contributed by atoms with Crippen molar-refractivity contribution in [3.05, 3.63) is 59.2 Å². The first kappa shape index (κ1) is 21.9. The van der Waals surface area contributed by atoms with Crippen molar-refractivity contribution in [1.82, 2.24) is 10.3 Å². The van der Waals surface area contributed by atoms with E-state index < -0.39 is 37.6 Å². The zero-order chi connectivity index (χ0) is 23.1.